The zero-order valence-corrected chi connectivity index (χ0v) is 13.3. The third-order valence-electron chi connectivity index (χ3n) is 3.77. The second kappa shape index (κ2) is 5.94. The first-order valence-electron chi connectivity index (χ1n) is 7.03. The molecule has 0 aliphatic heterocycles. The van der Waals surface area contributed by atoms with Gasteiger partial charge in [0.2, 0.25) is 5.91 Å². The summed E-state index contributed by atoms with van der Waals surface area (Å²) in [4.78, 5) is 13.1. The highest BCUT2D eigenvalue weighted by Gasteiger charge is 2.24. The minimum atomic E-state index is 0.192. The van der Waals surface area contributed by atoms with Crippen LogP contribution in [-0.2, 0) is 11.2 Å². The summed E-state index contributed by atoms with van der Waals surface area (Å²) in [6, 6.07) is 3.14. The van der Waals surface area contributed by atoms with Gasteiger partial charge in [0.1, 0.15) is 0 Å². The molecule has 0 aromatic carbocycles. The Labute approximate surface area is 126 Å². The van der Waals surface area contributed by atoms with E-state index in [1.165, 1.54) is 33.5 Å². The monoisotopic (exact) mass is 342 g/mol. The SMILES string of the molecule is O=C(CCNC1CCCc2sc(Br)cc21)NC1CC1. The van der Waals surface area contributed by atoms with E-state index in [0.717, 1.165) is 19.4 Å². The van der Waals surface area contributed by atoms with Crippen molar-refractivity contribution in [3.63, 3.8) is 0 Å². The summed E-state index contributed by atoms with van der Waals surface area (Å²) in [5.74, 6) is 0.192. The van der Waals surface area contributed by atoms with Gasteiger partial charge in [0.05, 0.1) is 3.79 Å². The molecular weight excluding hydrogens is 324 g/mol. The maximum atomic E-state index is 11.6. The highest BCUT2D eigenvalue weighted by molar-refractivity contribution is 9.11. The van der Waals surface area contributed by atoms with Crippen LogP contribution in [-0.4, -0.2) is 18.5 Å². The standard InChI is InChI=1S/C14H19BrN2OS/c15-13-8-10-11(2-1-3-12(10)19-13)16-7-6-14(18)17-9-4-5-9/h8-9,11,16H,1-7H2,(H,17,18). The number of carbonyl (C=O) groups is 1. The van der Waals surface area contributed by atoms with E-state index >= 15 is 0 Å². The Balaban J connectivity index is 1.48. The van der Waals surface area contributed by atoms with E-state index < -0.39 is 0 Å². The summed E-state index contributed by atoms with van der Waals surface area (Å²) < 4.78 is 1.22. The van der Waals surface area contributed by atoms with E-state index in [0.29, 0.717) is 18.5 Å². The molecule has 2 N–H and O–H groups in total. The second-order valence-corrected chi connectivity index (χ2v) is 7.94. The summed E-state index contributed by atoms with van der Waals surface area (Å²) in [6.45, 7) is 0.774. The molecule has 0 saturated heterocycles. The Morgan fingerprint density at radius 3 is 3.05 bits per heavy atom. The Hall–Kier alpha value is -0.390. The maximum Gasteiger partial charge on any atom is 0.221 e. The van der Waals surface area contributed by atoms with Gasteiger partial charge < -0.3 is 10.6 Å². The number of carbonyl (C=O) groups excluding carboxylic acids is 1. The summed E-state index contributed by atoms with van der Waals surface area (Å²) in [6.07, 6.45) is 6.54. The van der Waals surface area contributed by atoms with Crippen LogP contribution in [0, 0.1) is 0 Å². The Bertz CT molecular complexity index is 470. The summed E-state index contributed by atoms with van der Waals surface area (Å²) in [5, 5.41) is 6.57. The highest BCUT2D eigenvalue weighted by atomic mass is 79.9. The van der Waals surface area contributed by atoms with Crippen molar-refractivity contribution in [2.45, 2.75) is 50.6 Å². The van der Waals surface area contributed by atoms with Crippen molar-refractivity contribution >= 4 is 33.2 Å². The van der Waals surface area contributed by atoms with Crippen molar-refractivity contribution in [2.24, 2.45) is 0 Å². The van der Waals surface area contributed by atoms with Gasteiger partial charge in [-0.2, -0.15) is 0 Å². The highest BCUT2D eigenvalue weighted by Crippen LogP contribution is 2.37. The quantitative estimate of drug-likeness (QED) is 0.862. The second-order valence-electron chi connectivity index (χ2n) is 5.42. The number of fused-ring (bicyclic) bond motifs is 1. The van der Waals surface area contributed by atoms with E-state index in [-0.39, 0.29) is 5.91 Å². The molecular formula is C14H19BrN2OS. The van der Waals surface area contributed by atoms with Gasteiger partial charge >= 0.3 is 0 Å². The van der Waals surface area contributed by atoms with Crippen molar-refractivity contribution in [1.82, 2.24) is 10.6 Å². The fraction of sp³-hybridized carbons (Fsp3) is 0.643. The van der Waals surface area contributed by atoms with Crippen LogP contribution in [0.3, 0.4) is 0 Å². The number of nitrogens with one attached hydrogen (secondary N) is 2. The number of aryl methyl sites for hydroxylation is 1. The van der Waals surface area contributed by atoms with Crippen molar-refractivity contribution < 1.29 is 4.79 Å². The number of amides is 1. The lowest BCUT2D eigenvalue weighted by Gasteiger charge is -2.23. The predicted molar refractivity (Wildman–Crippen MR) is 81.5 cm³/mol. The zero-order chi connectivity index (χ0) is 13.2. The molecule has 1 amide bonds. The molecule has 2 aliphatic rings. The molecule has 104 valence electrons. The van der Waals surface area contributed by atoms with E-state index in [4.69, 9.17) is 0 Å². The minimum absolute atomic E-state index is 0.192. The number of halogens is 1. The number of rotatable bonds is 5. The summed E-state index contributed by atoms with van der Waals surface area (Å²) >= 11 is 5.42. The van der Waals surface area contributed by atoms with Crippen molar-refractivity contribution in [3.8, 4) is 0 Å². The third-order valence-corrected chi connectivity index (χ3v) is 5.48. The lowest BCUT2D eigenvalue weighted by molar-refractivity contribution is -0.121. The topological polar surface area (TPSA) is 41.1 Å². The predicted octanol–water partition coefficient (Wildman–Crippen LogP) is 3.15. The van der Waals surface area contributed by atoms with Crippen LogP contribution in [0.4, 0.5) is 0 Å². The first kappa shape index (κ1) is 13.6. The van der Waals surface area contributed by atoms with Crippen molar-refractivity contribution in [3.05, 3.63) is 20.3 Å². The molecule has 0 radical (unpaired) electrons. The molecule has 1 heterocycles. The summed E-state index contributed by atoms with van der Waals surface area (Å²) in [5.41, 5.74) is 1.44. The first-order chi connectivity index (χ1) is 9.22. The van der Waals surface area contributed by atoms with E-state index in [9.17, 15) is 4.79 Å². The van der Waals surface area contributed by atoms with Gasteiger partial charge in [-0.05, 0) is 59.7 Å². The van der Waals surface area contributed by atoms with Gasteiger partial charge in [-0.25, -0.2) is 0 Å². The molecule has 19 heavy (non-hydrogen) atoms. The van der Waals surface area contributed by atoms with Crippen LogP contribution in [0.2, 0.25) is 0 Å². The molecule has 5 heteroatoms. The van der Waals surface area contributed by atoms with Gasteiger partial charge in [0, 0.05) is 29.9 Å². The minimum Gasteiger partial charge on any atom is -0.353 e. The van der Waals surface area contributed by atoms with Gasteiger partial charge in [-0.15, -0.1) is 11.3 Å². The summed E-state index contributed by atoms with van der Waals surface area (Å²) in [7, 11) is 0. The van der Waals surface area contributed by atoms with Gasteiger partial charge in [-0.1, -0.05) is 0 Å². The first-order valence-corrected chi connectivity index (χ1v) is 8.64. The average molecular weight is 343 g/mol. The molecule has 1 aromatic rings. The van der Waals surface area contributed by atoms with E-state index in [1.54, 1.807) is 0 Å². The Kier molecular flexibility index (Phi) is 4.24. The van der Waals surface area contributed by atoms with Crippen LogP contribution in [0.25, 0.3) is 0 Å². The number of hydrogen-bond donors (Lipinski definition) is 2. The van der Waals surface area contributed by atoms with E-state index in [2.05, 4.69) is 32.6 Å². The molecule has 3 rings (SSSR count). The Morgan fingerprint density at radius 2 is 2.26 bits per heavy atom. The third kappa shape index (κ3) is 3.58. The number of thiophene rings is 1. The fourth-order valence-corrected chi connectivity index (χ4v) is 4.44. The largest absolute Gasteiger partial charge is 0.353 e. The molecule has 1 saturated carbocycles. The molecule has 1 fully saturated rings. The van der Waals surface area contributed by atoms with Crippen LogP contribution >= 0.6 is 27.3 Å². The zero-order valence-electron chi connectivity index (χ0n) is 10.9. The smallest absolute Gasteiger partial charge is 0.221 e. The molecule has 2 aliphatic carbocycles. The fourth-order valence-electron chi connectivity index (χ4n) is 2.62. The molecule has 0 spiro atoms. The molecule has 1 atom stereocenters. The maximum absolute atomic E-state index is 11.6. The van der Waals surface area contributed by atoms with Crippen molar-refractivity contribution in [1.29, 1.82) is 0 Å². The van der Waals surface area contributed by atoms with Gasteiger partial charge in [-0.3, -0.25) is 4.79 Å². The molecule has 0 bridgehead atoms. The lowest BCUT2D eigenvalue weighted by atomic mass is 9.94. The van der Waals surface area contributed by atoms with Crippen LogP contribution in [0.1, 0.15) is 48.6 Å². The normalized spacial score (nSPS) is 22.1. The lowest BCUT2D eigenvalue weighted by Crippen LogP contribution is -2.31. The number of hydrogen-bond acceptors (Lipinski definition) is 3. The van der Waals surface area contributed by atoms with Gasteiger partial charge in [0.15, 0.2) is 0 Å². The van der Waals surface area contributed by atoms with Crippen LogP contribution in [0.5, 0.6) is 0 Å². The molecule has 3 nitrogen and oxygen atoms in total. The average Bonchev–Trinajstić information content (AvgIpc) is 3.08. The Morgan fingerprint density at radius 1 is 1.42 bits per heavy atom. The van der Waals surface area contributed by atoms with E-state index in [1.807, 2.05) is 11.3 Å². The van der Waals surface area contributed by atoms with Gasteiger partial charge in [0.25, 0.3) is 0 Å². The van der Waals surface area contributed by atoms with Crippen molar-refractivity contribution in [2.75, 3.05) is 6.54 Å². The van der Waals surface area contributed by atoms with Crippen LogP contribution < -0.4 is 10.6 Å². The molecule has 1 aromatic heterocycles. The molecule has 1 unspecified atom stereocenters. The van der Waals surface area contributed by atoms with Crippen LogP contribution in [0.15, 0.2) is 9.85 Å².